The van der Waals surface area contributed by atoms with E-state index in [1.807, 2.05) is 35.0 Å². The Morgan fingerprint density at radius 1 is 1.40 bits per heavy atom. The highest BCUT2D eigenvalue weighted by molar-refractivity contribution is 7.71. The number of imidazole rings is 1. The highest BCUT2D eigenvalue weighted by Gasteiger charge is 1.96. The Balaban J connectivity index is 1.99. The monoisotopic (exact) mass is 285 g/mol. The number of aromatic nitrogens is 2. The number of carbonyl (C=O) groups is 1. The number of H-pyrrole nitrogens is 1. The Bertz CT molecular complexity index is 701. The largest absolute Gasteiger partial charge is 0.355 e. The Morgan fingerprint density at radius 3 is 2.75 bits per heavy atom. The average molecular weight is 285 g/mol. The number of aromatic amines is 1. The zero-order valence-corrected chi connectivity index (χ0v) is 12.0. The maximum absolute atomic E-state index is 10.7. The van der Waals surface area contributed by atoms with Crippen molar-refractivity contribution in [1.82, 2.24) is 14.9 Å². The van der Waals surface area contributed by atoms with Gasteiger partial charge in [0.2, 0.25) is 5.91 Å². The predicted molar refractivity (Wildman–Crippen MR) is 81.1 cm³/mol. The van der Waals surface area contributed by atoms with E-state index in [1.54, 1.807) is 6.20 Å². The van der Waals surface area contributed by atoms with Crippen molar-refractivity contribution in [2.75, 3.05) is 6.54 Å². The molecule has 2 N–H and O–H groups in total. The van der Waals surface area contributed by atoms with E-state index < -0.39 is 0 Å². The molecule has 0 aliphatic carbocycles. The van der Waals surface area contributed by atoms with Gasteiger partial charge in [0.15, 0.2) is 4.77 Å². The van der Waals surface area contributed by atoms with Gasteiger partial charge in [0.1, 0.15) is 0 Å². The van der Waals surface area contributed by atoms with Crippen molar-refractivity contribution in [2.24, 2.45) is 0 Å². The van der Waals surface area contributed by atoms with Crippen LogP contribution in [-0.4, -0.2) is 22.0 Å². The molecule has 0 fully saturated rings. The van der Waals surface area contributed by atoms with Gasteiger partial charge in [-0.3, -0.25) is 9.36 Å². The minimum atomic E-state index is -0.0283. The van der Waals surface area contributed by atoms with Crippen LogP contribution in [0.1, 0.15) is 18.9 Å². The molecule has 1 amide bonds. The van der Waals surface area contributed by atoms with Crippen LogP contribution in [0, 0.1) is 16.6 Å². The topological polar surface area (TPSA) is 49.8 Å². The van der Waals surface area contributed by atoms with Gasteiger partial charge < -0.3 is 10.3 Å². The molecule has 2 rings (SSSR count). The van der Waals surface area contributed by atoms with E-state index in [0.29, 0.717) is 17.7 Å². The fourth-order valence-electron chi connectivity index (χ4n) is 1.69. The van der Waals surface area contributed by atoms with Gasteiger partial charge in [-0.15, -0.1) is 0 Å². The number of benzene rings is 1. The second-order valence-electron chi connectivity index (χ2n) is 4.22. The van der Waals surface area contributed by atoms with Crippen LogP contribution in [-0.2, 0) is 4.79 Å². The highest BCUT2D eigenvalue weighted by Crippen LogP contribution is 2.09. The van der Waals surface area contributed by atoms with Crippen LogP contribution in [0.2, 0.25) is 0 Å². The maximum atomic E-state index is 10.7. The lowest BCUT2D eigenvalue weighted by molar-refractivity contribution is -0.118. The summed E-state index contributed by atoms with van der Waals surface area (Å²) in [6, 6.07) is 7.86. The van der Waals surface area contributed by atoms with Crippen molar-refractivity contribution >= 4 is 18.1 Å². The predicted octanol–water partition coefficient (Wildman–Crippen LogP) is 2.41. The number of nitrogens with zero attached hydrogens (tertiary/aromatic N) is 1. The van der Waals surface area contributed by atoms with E-state index in [1.165, 1.54) is 6.92 Å². The van der Waals surface area contributed by atoms with Crippen molar-refractivity contribution in [3.05, 3.63) is 47.0 Å². The number of amides is 1. The average Bonchev–Trinajstić information content (AvgIpc) is 2.85. The lowest BCUT2D eigenvalue weighted by Gasteiger charge is -2.01. The van der Waals surface area contributed by atoms with Crippen LogP contribution < -0.4 is 5.32 Å². The molecule has 0 spiro atoms. The summed E-state index contributed by atoms with van der Waals surface area (Å²) in [7, 11) is 0. The third-order valence-electron chi connectivity index (χ3n) is 2.65. The minimum Gasteiger partial charge on any atom is -0.355 e. The molecule has 1 aromatic heterocycles. The summed E-state index contributed by atoms with van der Waals surface area (Å²) < 4.78 is 2.56. The van der Waals surface area contributed by atoms with Crippen molar-refractivity contribution in [2.45, 2.75) is 13.3 Å². The summed E-state index contributed by atoms with van der Waals surface area (Å²) in [6.45, 7) is 2.08. The summed E-state index contributed by atoms with van der Waals surface area (Å²) in [5.41, 5.74) is 1.94. The van der Waals surface area contributed by atoms with Gasteiger partial charge in [0.05, 0.1) is 0 Å². The summed E-state index contributed by atoms with van der Waals surface area (Å²) in [5, 5.41) is 2.71. The summed E-state index contributed by atoms with van der Waals surface area (Å²) >= 11 is 5.17. The van der Waals surface area contributed by atoms with Crippen LogP contribution in [0.4, 0.5) is 0 Å². The van der Waals surface area contributed by atoms with Gasteiger partial charge in [-0.25, -0.2) is 0 Å². The molecule has 0 unspecified atom stereocenters. The van der Waals surface area contributed by atoms with Gasteiger partial charge >= 0.3 is 0 Å². The molecule has 0 bridgehead atoms. The molecule has 0 saturated heterocycles. The summed E-state index contributed by atoms with van der Waals surface area (Å²) in [4.78, 5) is 13.6. The quantitative estimate of drug-likeness (QED) is 0.517. The van der Waals surface area contributed by atoms with Gasteiger partial charge in [0, 0.05) is 43.5 Å². The maximum Gasteiger partial charge on any atom is 0.216 e. The molecule has 20 heavy (non-hydrogen) atoms. The molecule has 5 heteroatoms. The van der Waals surface area contributed by atoms with E-state index in [4.69, 9.17) is 12.2 Å². The van der Waals surface area contributed by atoms with Crippen LogP contribution in [0.3, 0.4) is 0 Å². The minimum absolute atomic E-state index is 0.0283. The van der Waals surface area contributed by atoms with Crippen LogP contribution in [0.5, 0.6) is 0 Å². The summed E-state index contributed by atoms with van der Waals surface area (Å²) in [6.07, 6.45) is 4.33. The lowest BCUT2D eigenvalue weighted by Crippen LogP contribution is -2.20. The Kier molecular flexibility index (Phi) is 4.75. The molecular weight excluding hydrogens is 270 g/mol. The summed E-state index contributed by atoms with van der Waals surface area (Å²) in [5.74, 6) is 6.06. The number of hydrogen-bond donors (Lipinski definition) is 2. The van der Waals surface area contributed by atoms with E-state index in [-0.39, 0.29) is 5.91 Å². The van der Waals surface area contributed by atoms with E-state index in [0.717, 1.165) is 11.3 Å². The third kappa shape index (κ3) is 3.84. The first kappa shape index (κ1) is 14.1. The number of carbonyl (C=O) groups excluding carboxylic acids is 1. The molecule has 0 radical (unpaired) electrons. The molecule has 0 aliphatic rings. The number of nitrogens with one attached hydrogen (secondary N) is 2. The fraction of sp³-hybridized carbons (Fsp3) is 0.200. The molecule has 4 nitrogen and oxygen atoms in total. The highest BCUT2D eigenvalue weighted by atomic mass is 32.1. The molecule has 0 saturated carbocycles. The van der Waals surface area contributed by atoms with E-state index in [2.05, 4.69) is 22.1 Å². The van der Waals surface area contributed by atoms with Crippen molar-refractivity contribution in [3.63, 3.8) is 0 Å². The molecular formula is C15H15N3OS. The Hall–Kier alpha value is -2.32. The molecule has 0 aliphatic heterocycles. The first-order valence-electron chi connectivity index (χ1n) is 6.26. The Labute approximate surface area is 122 Å². The molecule has 2 aromatic rings. The van der Waals surface area contributed by atoms with Gasteiger partial charge in [-0.05, 0) is 36.5 Å². The first-order valence-corrected chi connectivity index (χ1v) is 6.67. The SMILES string of the molecule is CC(=O)NCCC#Cc1ccc(-n2cc[nH]c2=S)cc1. The van der Waals surface area contributed by atoms with E-state index in [9.17, 15) is 4.79 Å². The van der Waals surface area contributed by atoms with Gasteiger partial charge in [-0.2, -0.15) is 0 Å². The van der Waals surface area contributed by atoms with E-state index >= 15 is 0 Å². The van der Waals surface area contributed by atoms with Crippen LogP contribution in [0.15, 0.2) is 36.7 Å². The second kappa shape index (κ2) is 6.73. The third-order valence-corrected chi connectivity index (χ3v) is 2.97. The zero-order valence-electron chi connectivity index (χ0n) is 11.1. The van der Waals surface area contributed by atoms with Gasteiger partial charge in [0.25, 0.3) is 0 Å². The fourth-order valence-corrected chi connectivity index (χ4v) is 1.93. The van der Waals surface area contributed by atoms with Crippen molar-refractivity contribution in [3.8, 4) is 17.5 Å². The zero-order chi connectivity index (χ0) is 14.4. The molecule has 102 valence electrons. The normalized spacial score (nSPS) is 9.65. The second-order valence-corrected chi connectivity index (χ2v) is 4.60. The lowest BCUT2D eigenvalue weighted by atomic mass is 10.2. The molecule has 0 atom stereocenters. The van der Waals surface area contributed by atoms with Crippen LogP contribution >= 0.6 is 12.2 Å². The van der Waals surface area contributed by atoms with Crippen LogP contribution in [0.25, 0.3) is 5.69 Å². The Morgan fingerprint density at radius 2 is 2.15 bits per heavy atom. The standard InChI is InChI=1S/C15H15N3OS/c1-12(19)16-9-3-2-4-13-5-7-14(8-6-13)18-11-10-17-15(18)20/h5-8,10-11H,3,9H2,1H3,(H,16,19)(H,17,20). The van der Waals surface area contributed by atoms with Crippen molar-refractivity contribution in [1.29, 1.82) is 0 Å². The van der Waals surface area contributed by atoms with Crippen molar-refractivity contribution < 1.29 is 4.79 Å². The first-order chi connectivity index (χ1) is 9.66. The number of rotatable bonds is 3. The van der Waals surface area contributed by atoms with Gasteiger partial charge in [-0.1, -0.05) is 11.8 Å². The molecule has 1 aromatic carbocycles. The molecule has 1 heterocycles. The smallest absolute Gasteiger partial charge is 0.216 e. The number of hydrogen-bond acceptors (Lipinski definition) is 2.